The first kappa shape index (κ1) is 14.9. The molecule has 0 N–H and O–H groups in total. The van der Waals surface area contributed by atoms with E-state index in [1.807, 2.05) is 13.8 Å². The minimum atomic E-state index is -3.14. The second-order valence-electron chi connectivity index (χ2n) is 5.76. The monoisotopic (exact) mass is 265 g/mol. The van der Waals surface area contributed by atoms with Gasteiger partial charge in [-0.2, -0.15) is 0 Å². The van der Waals surface area contributed by atoms with Gasteiger partial charge in [0.1, 0.15) is 16.0 Å². The van der Waals surface area contributed by atoms with Crippen molar-refractivity contribution < 1.29 is 12.8 Å². The van der Waals surface area contributed by atoms with Crippen molar-refractivity contribution >= 4 is 9.84 Å². The van der Waals surface area contributed by atoms with Crippen LogP contribution in [0.5, 0.6) is 0 Å². The molecule has 0 aromatic heterocycles. The van der Waals surface area contributed by atoms with E-state index >= 15 is 0 Å². The summed E-state index contributed by atoms with van der Waals surface area (Å²) >= 11 is 0. The molecule has 3 atom stereocenters. The first-order chi connectivity index (χ1) is 7.63. The Morgan fingerprint density at radius 1 is 1.29 bits per heavy atom. The van der Waals surface area contributed by atoms with Gasteiger partial charge in [-0.05, 0) is 26.2 Å². The Labute approximate surface area is 104 Å². The van der Waals surface area contributed by atoms with Crippen LogP contribution < -0.4 is 0 Å². The van der Waals surface area contributed by atoms with Gasteiger partial charge in [-0.3, -0.25) is 4.90 Å². The zero-order chi connectivity index (χ0) is 13.4. The number of alkyl halides is 1. The summed E-state index contributed by atoms with van der Waals surface area (Å²) in [5.74, 6) is 0.274. The molecule has 0 amide bonds. The van der Waals surface area contributed by atoms with Crippen LogP contribution in [0.15, 0.2) is 0 Å². The maximum absolute atomic E-state index is 14.0. The standard InChI is InChI=1S/C12H24FNO2S/c1-8(2)11-6-10(13)12(7-17(5,15)16)14(11)9(3)4/h8-12H,6-7H2,1-5H3. The summed E-state index contributed by atoms with van der Waals surface area (Å²) < 4.78 is 36.8. The van der Waals surface area contributed by atoms with Gasteiger partial charge >= 0.3 is 0 Å². The Morgan fingerprint density at radius 3 is 2.18 bits per heavy atom. The fourth-order valence-electron chi connectivity index (χ4n) is 2.83. The Balaban J connectivity index is 2.94. The van der Waals surface area contributed by atoms with Crippen LogP contribution in [-0.4, -0.2) is 49.6 Å². The molecule has 3 nitrogen and oxygen atoms in total. The first-order valence-corrected chi connectivity index (χ1v) is 8.28. The minimum Gasteiger partial charge on any atom is -0.291 e. The third kappa shape index (κ3) is 3.65. The fourth-order valence-corrected chi connectivity index (χ4v) is 3.83. The van der Waals surface area contributed by atoms with Crippen LogP contribution in [0.2, 0.25) is 0 Å². The quantitative estimate of drug-likeness (QED) is 0.779. The van der Waals surface area contributed by atoms with E-state index in [2.05, 4.69) is 18.7 Å². The molecule has 102 valence electrons. The van der Waals surface area contributed by atoms with Crippen LogP contribution >= 0.6 is 0 Å². The Bertz CT molecular complexity index is 354. The molecule has 1 heterocycles. The van der Waals surface area contributed by atoms with E-state index in [0.29, 0.717) is 12.3 Å². The largest absolute Gasteiger partial charge is 0.291 e. The van der Waals surface area contributed by atoms with Crippen LogP contribution in [-0.2, 0) is 9.84 Å². The Kier molecular flexibility index (Phi) is 4.58. The molecule has 1 aliphatic heterocycles. The summed E-state index contributed by atoms with van der Waals surface area (Å²) in [7, 11) is -3.14. The van der Waals surface area contributed by atoms with E-state index in [1.165, 1.54) is 6.26 Å². The van der Waals surface area contributed by atoms with Gasteiger partial charge in [-0.1, -0.05) is 13.8 Å². The molecule has 1 saturated heterocycles. The zero-order valence-corrected chi connectivity index (χ0v) is 12.2. The Hall–Kier alpha value is -0.160. The number of hydrogen-bond donors (Lipinski definition) is 0. The summed E-state index contributed by atoms with van der Waals surface area (Å²) in [4.78, 5) is 2.05. The summed E-state index contributed by atoms with van der Waals surface area (Å²) in [6.45, 7) is 8.14. The third-order valence-electron chi connectivity index (χ3n) is 3.49. The lowest BCUT2D eigenvalue weighted by molar-refractivity contribution is 0.117. The van der Waals surface area contributed by atoms with Gasteiger partial charge in [-0.25, -0.2) is 12.8 Å². The SMILES string of the molecule is CC(C)C1CC(F)C(CS(C)(=O)=O)N1C(C)C. The molecule has 1 aliphatic rings. The summed E-state index contributed by atoms with van der Waals surface area (Å²) in [6.07, 6.45) is 0.608. The molecule has 0 aromatic carbocycles. The molecule has 0 aliphatic carbocycles. The van der Waals surface area contributed by atoms with E-state index in [4.69, 9.17) is 0 Å². The second-order valence-corrected chi connectivity index (χ2v) is 7.95. The molecule has 0 aromatic rings. The van der Waals surface area contributed by atoms with Gasteiger partial charge in [0, 0.05) is 18.3 Å². The van der Waals surface area contributed by atoms with Crippen LogP contribution in [0, 0.1) is 5.92 Å². The fraction of sp³-hybridized carbons (Fsp3) is 1.00. The van der Waals surface area contributed by atoms with Crippen molar-refractivity contribution in [1.29, 1.82) is 0 Å². The van der Waals surface area contributed by atoms with Gasteiger partial charge < -0.3 is 0 Å². The Morgan fingerprint density at radius 2 is 1.82 bits per heavy atom. The average Bonchev–Trinajstić information content (AvgIpc) is 2.41. The highest BCUT2D eigenvalue weighted by Crippen LogP contribution is 2.33. The van der Waals surface area contributed by atoms with E-state index in [9.17, 15) is 12.8 Å². The van der Waals surface area contributed by atoms with E-state index < -0.39 is 22.1 Å². The third-order valence-corrected chi connectivity index (χ3v) is 4.44. The van der Waals surface area contributed by atoms with Gasteiger partial charge in [0.25, 0.3) is 0 Å². The molecule has 0 saturated carbocycles. The normalized spacial score (nSPS) is 31.6. The lowest BCUT2D eigenvalue weighted by Gasteiger charge is -2.35. The van der Waals surface area contributed by atoms with Crippen molar-refractivity contribution in [1.82, 2.24) is 4.90 Å². The molecule has 17 heavy (non-hydrogen) atoms. The van der Waals surface area contributed by atoms with Crippen molar-refractivity contribution in [2.45, 2.75) is 58.4 Å². The van der Waals surface area contributed by atoms with Gasteiger partial charge in [0.15, 0.2) is 0 Å². The smallest absolute Gasteiger partial charge is 0.149 e. The van der Waals surface area contributed by atoms with E-state index in [1.54, 1.807) is 0 Å². The molecule has 0 radical (unpaired) electrons. The number of likely N-dealkylation sites (tertiary alicyclic amines) is 1. The van der Waals surface area contributed by atoms with Gasteiger partial charge in [-0.15, -0.1) is 0 Å². The van der Waals surface area contributed by atoms with Crippen molar-refractivity contribution in [3.05, 3.63) is 0 Å². The van der Waals surface area contributed by atoms with Crippen LogP contribution in [0.25, 0.3) is 0 Å². The van der Waals surface area contributed by atoms with Crippen LogP contribution in [0.4, 0.5) is 4.39 Å². The molecular weight excluding hydrogens is 241 g/mol. The van der Waals surface area contributed by atoms with Crippen LogP contribution in [0.1, 0.15) is 34.1 Å². The van der Waals surface area contributed by atoms with Crippen molar-refractivity contribution in [3.63, 3.8) is 0 Å². The lowest BCUT2D eigenvalue weighted by Crippen LogP contribution is -2.47. The highest BCUT2D eigenvalue weighted by molar-refractivity contribution is 7.90. The summed E-state index contributed by atoms with van der Waals surface area (Å²) in [5, 5.41) is 0. The number of halogens is 1. The van der Waals surface area contributed by atoms with E-state index in [0.717, 1.165) is 0 Å². The molecule has 0 spiro atoms. The number of sulfone groups is 1. The number of nitrogens with zero attached hydrogens (tertiary/aromatic N) is 1. The van der Waals surface area contributed by atoms with Crippen molar-refractivity contribution in [3.8, 4) is 0 Å². The maximum Gasteiger partial charge on any atom is 0.149 e. The predicted molar refractivity (Wildman–Crippen MR) is 68.6 cm³/mol. The number of rotatable bonds is 4. The topological polar surface area (TPSA) is 37.4 Å². The molecule has 5 heteroatoms. The molecule has 0 bridgehead atoms. The zero-order valence-electron chi connectivity index (χ0n) is 11.4. The second kappa shape index (κ2) is 5.22. The molecule has 1 rings (SSSR count). The van der Waals surface area contributed by atoms with Crippen molar-refractivity contribution in [2.75, 3.05) is 12.0 Å². The van der Waals surface area contributed by atoms with Gasteiger partial charge in [0.05, 0.1) is 11.8 Å². The lowest BCUT2D eigenvalue weighted by atomic mass is 10.0. The minimum absolute atomic E-state index is 0.0738. The first-order valence-electron chi connectivity index (χ1n) is 6.22. The predicted octanol–water partition coefficient (Wildman–Crippen LogP) is 1.88. The highest BCUT2D eigenvalue weighted by Gasteiger charge is 2.44. The highest BCUT2D eigenvalue weighted by atomic mass is 32.2. The summed E-state index contributed by atoms with van der Waals surface area (Å²) in [5.41, 5.74) is 0. The van der Waals surface area contributed by atoms with Crippen LogP contribution in [0.3, 0.4) is 0 Å². The summed E-state index contributed by atoms with van der Waals surface area (Å²) in [6, 6.07) is -0.149. The maximum atomic E-state index is 14.0. The number of hydrogen-bond acceptors (Lipinski definition) is 3. The molecule has 3 unspecified atom stereocenters. The molecular formula is C12H24FNO2S. The average molecular weight is 265 g/mol. The van der Waals surface area contributed by atoms with Crippen molar-refractivity contribution in [2.24, 2.45) is 5.92 Å². The van der Waals surface area contributed by atoms with E-state index in [-0.39, 0.29) is 17.8 Å². The van der Waals surface area contributed by atoms with Gasteiger partial charge in [0.2, 0.25) is 0 Å². The molecule has 1 fully saturated rings.